The smallest absolute Gasteiger partial charge is 0.233 e. The quantitative estimate of drug-likeness (QED) is 0.590. The van der Waals surface area contributed by atoms with Crippen molar-refractivity contribution in [3.8, 4) is 11.1 Å². The van der Waals surface area contributed by atoms with Crippen LogP contribution in [0.15, 0.2) is 37.2 Å². The lowest BCUT2D eigenvalue weighted by molar-refractivity contribution is 0.263. The summed E-state index contributed by atoms with van der Waals surface area (Å²) in [6, 6.07) is 0.436. The number of piperidine rings is 1. The average Bonchev–Trinajstić information content (AvgIpc) is 3.29. The highest BCUT2D eigenvalue weighted by Crippen LogP contribution is 2.27. The van der Waals surface area contributed by atoms with Crippen LogP contribution >= 0.6 is 0 Å². The molecule has 0 bridgehead atoms. The summed E-state index contributed by atoms with van der Waals surface area (Å²) in [5.74, 6) is 1.37. The molecule has 8 nitrogen and oxygen atoms in total. The maximum atomic E-state index is 4.66. The minimum Gasteiger partial charge on any atom is -0.351 e. The minimum absolute atomic E-state index is 0.436. The van der Waals surface area contributed by atoms with Crippen molar-refractivity contribution in [2.24, 2.45) is 0 Å². The van der Waals surface area contributed by atoms with E-state index in [9.17, 15) is 0 Å². The Bertz CT molecular complexity index is 1060. The van der Waals surface area contributed by atoms with Crippen molar-refractivity contribution in [2.75, 3.05) is 25.5 Å². The first kappa shape index (κ1) is 15.3. The molecule has 0 aliphatic carbocycles. The van der Waals surface area contributed by atoms with Crippen molar-refractivity contribution in [1.82, 2.24) is 34.2 Å². The van der Waals surface area contributed by atoms with Gasteiger partial charge in [0, 0.05) is 59.7 Å². The van der Waals surface area contributed by atoms with Crippen molar-refractivity contribution in [3.05, 3.63) is 37.2 Å². The average molecular weight is 348 g/mol. The van der Waals surface area contributed by atoms with Crippen molar-refractivity contribution in [3.63, 3.8) is 0 Å². The molecule has 1 aliphatic rings. The molecule has 1 aliphatic heterocycles. The Morgan fingerprint density at radius 2 is 2.04 bits per heavy atom. The molecule has 1 saturated heterocycles. The summed E-state index contributed by atoms with van der Waals surface area (Å²) in [6.45, 7) is 2.21. The molecule has 0 saturated carbocycles. The molecule has 0 radical (unpaired) electrons. The van der Waals surface area contributed by atoms with Gasteiger partial charge in [-0.15, -0.1) is 0 Å². The molecule has 5 heterocycles. The Labute approximate surface area is 150 Å². The van der Waals surface area contributed by atoms with E-state index < -0.39 is 0 Å². The van der Waals surface area contributed by atoms with Gasteiger partial charge in [-0.3, -0.25) is 4.40 Å². The summed E-state index contributed by atoms with van der Waals surface area (Å²) in [6.07, 6.45) is 13.5. The second-order valence-corrected chi connectivity index (χ2v) is 6.86. The lowest BCUT2D eigenvalue weighted by atomic mass is 10.1. The van der Waals surface area contributed by atoms with Crippen molar-refractivity contribution < 1.29 is 0 Å². The van der Waals surface area contributed by atoms with E-state index in [4.69, 9.17) is 0 Å². The topological polar surface area (TPSA) is 87.0 Å². The molecule has 1 fully saturated rings. The van der Waals surface area contributed by atoms with Crippen LogP contribution in [-0.2, 0) is 0 Å². The van der Waals surface area contributed by atoms with Gasteiger partial charge in [-0.25, -0.2) is 15.0 Å². The zero-order chi connectivity index (χ0) is 17.5. The number of hydrogen-bond acceptors (Lipinski definition) is 6. The van der Waals surface area contributed by atoms with Crippen LogP contribution in [0.5, 0.6) is 0 Å². The van der Waals surface area contributed by atoms with Gasteiger partial charge in [0.2, 0.25) is 11.7 Å². The van der Waals surface area contributed by atoms with Crippen LogP contribution in [0.4, 0.5) is 5.95 Å². The molecule has 5 rings (SSSR count). The van der Waals surface area contributed by atoms with Crippen LogP contribution in [0.3, 0.4) is 0 Å². The molecule has 0 unspecified atom stereocenters. The van der Waals surface area contributed by atoms with Crippen LogP contribution in [0, 0.1) is 0 Å². The first-order valence-electron chi connectivity index (χ1n) is 8.84. The monoisotopic (exact) mass is 348 g/mol. The third-order valence-corrected chi connectivity index (χ3v) is 5.04. The van der Waals surface area contributed by atoms with Crippen LogP contribution in [0.25, 0.3) is 27.9 Å². The minimum atomic E-state index is 0.436. The van der Waals surface area contributed by atoms with Gasteiger partial charge < -0.3 is 15.2 Å². The van der Waals surface area contributed by atoms with Crippen LogP contribution in [0.1, 0.15) is 12.8 Å². The number of hydrogen-bond donors (Lipinski definition) is 2. The Morgan fingerprint density at radius 1 is 1.15 bits per heavy atom. The summed E-state index contributed by atoms with van der Waals surface area (Å²) in [5, 5.41) is 4.46. The molecule has 132 valence electrons. The van der Waals surface area contributed by atoms with E-state index in [0.717, 1.165) is 48.1 Å². The largest absolute Gasteiger partial charge is 0.351 e. The summed E-state index contributed by atoms with van der Waals surface area (Å²) >= 11 is 0. The molecule has 0 atom stereocenters. The lowest BCUT2D eigenvalue weighted by Gasteiger charge is -2.29. The second kappa shape index (κ2) is 6.06. The van der Waals surface area contributed by atoms with E-state index in [-0.39, 0.29) is 0 Å². The fourth-order valence-corrected chi connectivity index (χ4v) is 3.51. The number of likely N-dealkylation sites (tertiary alicyclic amines) is 1. The molecular formula is C18H20N8. The Kier molecular flexibility index (Phi) is 3.56. The zero-order valence-corrected chi connectivity index (χ0v) is 14.6. The normalized spacial score (nSPS) is 16.5. The second-order valence-electron chi connectivity index (χ2n) is 6.86. The predicted octanol–water partition coefficient (Wildman–Crippen LogP) is 2.17. The van der Waals surface area contributed by atoms with E-state index in [1.165, 1.54) is 0 Å². The third-order valence-electron chi connectivity index (χ3n) is 5.04. The molecule has 8 heteroatoms. The van der Waals surface area contributed by atoms with Gasteiger partial charge in [-0.2, -0.15) is 4.98 Å². The van der Waals surface area contributed by atoms with Gasteiger partial charge in [0.05, 0.1) is 0 Å². The molecular weight excluding hydrogens is 328 g/mol. The van der Waals surface area contributed by atoms with E-state index in [1.54, 1.807) is 6.20 Å². The van der Waals surface area contributed by atoms with Gasteiger partial charge in [0.15, 0.2) is 0 Å². The Hall–Kier alpha value is -3.00. The Morgan fingerprint density at radius 3 is 2.92 bits per heavy atom. The van der Waals surface area contributed by atoms with Gasteiger partial charge in [-0.1, -0.05) is 0 Å². The van der Waals surface area contributed by atoms with E-state index in [1.807, 2.05) is 35.4 Å². The van der Waals surface area contributed by atoms with Gasteiger partial charge in [-0.05, 0) is 33.0 Å². The number of aromatic amines is 1. The van der Waals surface area contributed by atoms with Crippen LogP contribution in [0.2, 0.25) is 0 Å². The highest BCUT2D eigenvalue weighted by atomic mass is 15.2. The predicted molar refractivity (Wildman–Crippen MR) is 100 cm³/mol. The maximum Gasteiger partial charge on any atom is 0.233 e. The molecule has 4 aromatic heterocycles. The van der Waals surface area contributed by atoms with E-state index in [0.29, 0.717) is 17.8 Å². The van der Waals surface area contributed by atoms with Crippen LogP contribution < -0.4 is 5.32 Å². The molecule has 4 aromatic rings. The number of nitrogens with one attached hydrogen (secondary N) is 2. The van der Waals surface area contributed by atoms with Crippen molar-refractivity contribution in [1.29, 1.82) is 0 Å². The number of nitrogens with zero attached hydrogens (tertiary/aromatic N) is 6. The summed E-state index contributed by atoms with van der Waals surface area (Å²) in [7, 11) is 2.16. The SMILES string of the molecule is CN1CCC(Nc2ncc3c(-c4cnc5nccn5c4)c[nH]c3n2)CC1. The van der Waals surface area contributed by atoms with Gasteiger partial charge >= 0.3 is 0 Å². The number of fused-ring (bicyclic) bond motifs is 2. The van der Waals surface area contributed by atoms with Gasteiger partial charge in [0.25, 0.3) is 0 Å². The molecule has 0 aromatic carbocycles. The van der Waals surface area contributed by atoms with Crippen molar-refractivity contribution in [2.45, 2.75) is 18.9 Å². The number of aromatic nitrogens is 6. The van der Waals surface area contributed by atoms with E-state index >= 15 is 0 Å². The molecule has 0 spiro atoms. The first-order chi connectivity index (χ1) is 12.8. The van der Waals surface area contributed by atoms with E-state index in [2.05, 4.69) is 42.2 Å². The fraction of sp³-hybridized carbons (Fsp3) is 0.333. The number of anilines is 1. The Balaban J connectivity index is 1.44. The number of rotatable bonds is 3. The summed E-state index contributed by atoms with van der Waals surface area (Å²) in [5.41, 5.74) is 2.87. The highest BCUT2D eigenvalue weighted by molar-refractivity contribution is 5.93. The molecule has 2 N–H and O–H groups in total. The van der Waals surface area contributed by atoms with Crippen molar-refractivity contribution >= 4 is 22.8 Å². The standard InChI is InChI=1S/C18H20N8/c1-25-5-2-13(3-6-25)23-17-21-10-15-14(9-20-16(15)24-17)12-8-22-18-19-4-7-26(18)11-12/h4,7-11,13H,2-3,5-6H2,1H3,(H2,20,21,23,24). The highest BCUT2D eigenvalue weighted by Gasteiger charge is 2.18. The molecule has 0 amide bonds. The summed E-state index contributed by atoms with van der Waals surface area (Å²) < 4.78 is 1.91. The van der Waals surface area contributed by atoms with Gasteiger partial charge in [0.1, 0.15) is 5.65 Å². The first-order valence-corrected chi connectivity index (χ1v) is 8.84. The van der Waals surface area contributed by atoms with Crippen LogP contribution in [-0.4, -0.2) is 60.4 Å². The number of H-pyrrole nitrogens is 1. The number of imidazole rings is 1. The lowest BCUT2D eigenvalue weighted by Crippen LogP contribution is -2.37. The third kappa shape index (κ3) is 2.68. The fourth-order valence-electron chi connectivity index (χ4n) is 3.51. The maximum absolute atomic E-state index is 4.66. The zero-order valence-electron chi connectivity index (χ0n) is 14.6. The molecule has 26 heavy (non-hydrogen) atoms. The summed E-state index contributed by atoms with van der Waals surface area (Å²) in [4.78, 5) is 23.4.